The van der Waals surface area contributed by atoms with Gasteiger partial charge in [0, 0.05) is 0 Å². The summed E-state index contributed by atoms with van der Waals surface area (Å²) in [5.41, 5.74) is 0. The van der Waals surface area contributed by atoms with Crippen molar-refractivity contribution >= 4 is 6.29 Å². The summed E-state index contributed by atoms with van der Waals surface area (Å²) >= 11 is 0. The summed E-state index contributed by atoms with van der Waals surface area (Å²) in [6, 6.07) is 0. The summed E-state index contributed by atoms with van der Waals surface area (Å²) in [5, 5.41) is 35.5. The lowest BCUT2D eigenvalue weighted by Crippen LogP contribution is -2.48. The lowest BCUT2D eigenvalue weighted by Gasteiger charge is -2.24. The molecule has 7 heteroatoms. The number of rotatable bonds is 6. The van der Waals surface area contributed by atoms with E-state index in [1.807, 2.05) is 0 Å². The van der Waals surface area contributed by atoms with E-state index in [1.165, 1.54) is 0 Å². The van der Waals surface area contributed by atoms with Gasteiger partial charge in [-0.15, -0.1) is 0 Å². The molecule has 0 heterocycles. The molecule has 0 aromatic carbocycles. The van der Waals surface area contributed by atoms with Crippen LogP contribution in [0.25, 0.3) is 0 Å². The fourth-order valence-electron chi connectivity index (χ4n) is 0.734. The highest BCUT2D eigenvalue weighted by atomic mass is 16.6. The maximum absolute atomic E-state index is 9.99. The Labute approximate surface area is 74.3 Å². The highest BCUT2D eigenvalue weighted by Crippen LogP contribution is 2.05. The Bertz CT molecular complexity index is 150. The van der Waals surface area contributed by atoms with E-state index in [0.29, 0.717) is 0 Å². The third kappa shape index (κ3) is 3.35. The molecular formula is C6H13NO6. The average molecular weight is 195 g/mol. The number of carbonyl (C=O) groups excluding carboxylic acids is 1. The van der Waals surface area contributed by atoms with Crippen molar-refractivity contribution in [3.8, 4) is 0 Å². The van der Waals surface area contributed by atoms with E-state index >= 15 is 0 Å². The van der Waals surface area contributed by atoms with E-state index in [2.05, 4.69) is 10.7 Å². The summed E-state index contributed by atoms with van der Waals surface area (Å²) in [4.78, 5) is 14.1. The second-order valence-corrected chi connectivity index (χ2v) is 2.46. The molecule has 0 aliphatic rings. The molecule has 0 aliphatic heterocycles. The van der Waals surface area contributed by atoms with E-state index in [4.69, 9.17) is 20.4 Å². The Morgan fingerprint density at radius 1 is 1.31 bits per heavy atom. The summed E-state index contributed by atoms with van der Waals surface area (Å²) in [6.45, 7) is -0.639. The molecular weight excluding hydrogens is 182 g/mol. The van der Waals surface area contributed by atoms with Gasteiger partial charge < -0.3 is 25.2 Å². The zero-order chi connectivity index (χ0) is 10.4. The molecule has 7 nitrogen and oxygen atoms in total. The molecule has 0 saturated carbocycles. The van der Waals surface area contributed by atoms with Gasteiger partial charge in [0.15, 0.2) is 6.29 Å². The van der Waals surface area contributed by atoms with Gasteiger partial charge in [-0.2, -0.15) is 0 Å². The predicted molar refractivity (Wildman–Crippen MR) is 40.2 cm³/mol. The zero-order valence-corrected chi connectivity index (χ0v) is 6.78. The van der Waals surface area contributed by atoms with Crippen molar-refractivity contribution in [3.05, 3.63) is 0 Å². The van der Waals surface area contributed by atoms with Crippen molar-refractivity contribution in [2.45, 2.75) is 24.4 Å². The first-order chi connectivity index (χ1) is 6.08. The normalized spacial score (nSPS) is 20.4. The Hall–Kier alpha value is -0.570. The molecule has 0 amide bonds. The molecule has 0 fully saturated rings. The largest absolute Gasteiger partial charge is 0.393 e. The Kier molecular flexibility index (Phi) is 5.71. The van der Waals surface area contributed by atoms with Crippen LogP contribution in [0.1, 0.15) is 0 Å². The van der Waals surface area contributed by atoms with E-state index in [-0.39, 0.29) is 6.29 Å². The van der Waals surface area contributed by atoms with Gasteiger partial charge in [0.25, 0.3) is 0 Å². The number of aliphatic hydroxyl groups excluding tert-OH is 4. The number of carbonyl (C=O) groups is 1. The van der Waals surface area contributed by atoms with Gasteiger partial charge in [-0.3, -0.25) is 4.84 Å². The van der Waals surface area contributed by atoms with Gasteiger partial charge >= 0.3 is 0 Å². The third-order valence-corrected chi connectivity index (χ3v) is 1.57. The lowest BCUT2D eigenvalue weighted by atomic mass is 10.0. The predicted octanol–water partition coefficient (Wildman–Crippen LogP) is -3.48. The molecule has 6 N–H and O–H groups in total. The van der Waals surface area contributed by atoms with Gasteiger partial charge in [-0.25, -0.2) is 5.90 Å². The first kappa shape index (κ1) is 12.4. The van der Waals surface area contributed by atoms with Crippen LogP contribution in [-0.2, 0) is 9.63 Å². The average Bonchev–Trinajstić information content (AvgIpc) is 2.17. The third-order valence-electron chi connectivity index (χ3n) is 1.57. The van der Waals surface area contributed by atoms with Crippen LogP contribution < -0.4 is 5.90 Å². The molecule has 78 valence electrons. The molecule has 4 atom stereocenters. The molecule has 0 rings (SSSR count). The van der Waals surface area contributed by atoms with Gasteiger partial charge in [0.05, 0.1) is 6.61 Å². The van der Waals surface area contributed by atoms with Crippen molar-refractivity contribution in [3.63, 3.8) is 0 Å². The van der Waals surface area contributed by atoms with Crippen LogP contribution in [0.4, 0.5) is 0 Å². The number of hydrogen-bond acceptors (Lipinski definition) is 7. The lowest BCUT2D eigenvalue weighted by molar-refractivity contribution is -0.145. The smallest absolute Gasteiger partial charge is 0.151 e. The topological polar surface area (TPSA) is 133 Å². The van der Waals surface area contributed by atoms with E-state index in [0.717, 1.165) is 0 Å². The van der Waals surface area contributed by atoms with Crippen molar-refractivity contribution in [1.82, 2.24) is 0 Å². The monoisotopic (exact) mass is 195 g/mol. The second kappa shape index (κ2) is 5.97. The minimum Gasteiger partial charge on any atom is -0.393 e. The minimum absolute atomic E-state index is 0.0544. The van der Waals surface area contributed by atoms with Crippen molar-refractivity contribution < 1.29 is 30.1 Å². The maximum Gasteiger partial charge on any atom is 0.151 e. The Morgan fingerprint density at radius 2 is 1.85 bits per heavy atom. The molecule has 0 saturated heterocycles. The van der Waals surface area contributed by atoms with Crippen LogP contribution in [0.15, 0.2) is 0 Å². The highest BCUT2D eigenvalue weighted by Gasteiger charge is 2.31. The second-order valence-electron chi connectivity index (χ2n) is 2.46. The van der Waals surface area contributed by atoms with E-state index < -0.39 is 31.0 Å². The van der Waals surface area contributed by atoms with Gasteiger partial charge in [-0.1, -0.05) is 0 Å². The summed E-state index contributed by atoms with van der Waals surface area (Å²) in [5.74, 6) is 4.66. The molecule has 0 spiro atoms. The number of aliphatic hydroxyl groups is 4. The summed E-state index contributed by atoms with van der Waals surface area (Å²) in [6.07, 6.45) is -6.30. The fraction of sp³-hybridized carbons (Fsp3) is 0.833. The molecule has 0 unspecified atom stereocenters. The molecule has 13 heavy (non-hydrogen) atoms. The first-order valence-corrected chi connectivity index (χ1v) is 3.54. The number of hydrogen-bond donors (Lipinski definition) is 5. The Morgan fingerprint density at radius 3 is 2.15 bits per heavy atom. The molecule has 0 aromatic heterocycles. The SMILES string of the molecule is NO[C@H](CO)[C@@H](O)[C@@H](O)[C@@H](O)C=O. The quantitative estimate of drug-likeness (QED) is 0.219. The molecule has 0 radical (unpaired) electrons. The number of nitrogens with two attached hydrogens (primary N) is 1. The van der Waals surface area contributed by atoms with Crippen LogP contribution in [-0.4, -0.2) is 57.7 Å². The molecule has 0 bridgehead atoms. The highest BCUT2D eigenvalue weighted by molar-refractivity contribution is 5.56. The van der Waals surface area contributed by atoms with E-state index in [1.54, 1.807) is 0 Å². The van der Waals surface area contributed by atoms with Crippen LogP contribution in [0, 0.1) is 0 Å². The fourth-order valence-corrected chi connectivity index (χ4v) is 0.734. The minimum atomic E-state index is -1.74. The van der Waals surface area contributed by atoms with Crippen molar-refractivity contribution in [2.24, 2.45) is 5.90 Å². The standard InChI is InChI=1S/C6H13NO6/c7-13-4(2-9)6(12)5(11)3(10)1-8/h1,3-6,9-12H,2,7H2/t3-,4+,5-,6+/m0/s1. The molecule has 0 aliphatic carbocycles. The van der Waals surface area contributed by atoms with Crippen molar-refractivity contribution in [2.75, 3.05) is 6.61 Å². The van der Waals surface area contributed by atoms with Crippen LogP contribution in [0.2, 0.25) is 0 Å². The van der Waals surface area contributed by atoms with Gasteiger partial charge in [0.2, 0.25) is 0 Å². The van der Waals surface area contributed by atoms with Crippen LogP contribution in [0.5, 0.6) is 0 Å². The van der Waals surface area contributed by atoms with Crippen LogP contribution >= 0.6 is 0 Å². The van der Waals surface area contributed by atoms with E-state index in [9.17, 15) is 4.79 Å². The Balaban J connectivity index is 4.20. The van der Waals surface area contributed by atoms with Crippen LogP contribution in [0.3, 0.4) is 0 Å². The summed E-state index contributed by atoms with van der Waals surface area (Å²) < 4.78 is 0. The van der Waals surface area contributed by atoms with Crippen molar-refractivity contribution in [1.29, 1.82) is 0 Å². The van der Waals surface area contributed by atoms with Gasteiger partial charge in [-0.05, 0) is 0 Å². The zero-order valence-electron chi connectivity index (χ0n) is 6.78. The first-order valence-electron chi connectivity index (χ1n) is 3.54. The summed E-state index contributed by atoms with van der Waals surface area (Å²) in [7, 11) is 0. The van der Waals surface area contributed by atoms with Gasteiger partial charge in [0.1, 0.15) is 24.4 Å². The number of aldehydes is 1. The maximum atomic E-state index is 9.99. The molecule has 0 aromatic rings.